The van der Waals surface area contributed by atoms with Crippen molar-refractivity contribution in [2.45, 2.75) is 26.2 Å². The highest BCUT2D eigenvalue weighted by atomic mass is 32.1. The number of fused-ring (bicyclic) bond motifs is 3. The van der Waals surface area contributed by atoms with Crippen LogP contribution in [0, 0.1) is 6.92 Å². The number of carbonyl (C=O) groups excluding carboxylic acids is 1. The van der Waals surface area contributed by atoms with Crippen LogP contribution in [0.5, 0.6) is 5.88 Å². The van der Waals surface area contributed by atoms with Crippen molar-refractivity contribution in [2.24, 2.45) is 0 Å². The van der Waals surface area contributed by atoms with Gasteiger partial charge in [-0.05, 0) is 43.9 Å². The highest BCUT2D eigenvalue weighted by Gasteiger charge is 2.22. The van der Waals surface area contributed by atoms with E-state index in [9.17, 15) is 4.79 Å². The molecule has 1 aliphatic rings. The minimum absolute atomic E-state index is 0.0649. The normalized spacial score (nSPS) is 13.0. The Balaban J connectivity index is 1.48. The number of carbonyl (C=O) groups is 1. The molecule has 2 aromatic heterocycles. The molecule has 24 heavy (non-hydrogen) atoms. The smallest absolute Gasteiger partial charge is 0.262 e. The van der Waals surface area contributed by atoms with Gasteiger partial charge in [-0.25, -0.2) is 9.97 Å². The molecule has 0 bridgehead atoms. The summed E-state index contributed by atoms with van der Waals surface area (Å²) in [4.78, 5) is 23.0. The summed E-state index contributed by atoms with van der Waals surface area (Å²) in [5, 5.41) is 3.81. The van der Waals surface area contributed by atoms with Gasteiger partial charge < -0.3 is 10.1 Å². The number of rotatable bonds is 4. The van der Waals surface area contributed by atoms with Crippen LogP contribution in [0.2, 0.25) is 0 Å². The SMILES string of the molecule is Cc1ccc(NC(=O)COc2ncnc3sc4c(c23)CCC4)cc1. The summed E-state index contributed by atoms with van der Waals surface area (Å²) in [6, 6.07) is 7.67. The fraction of sp³-hybridized carbons (Fsp3) is 0.278. The highest BCUT2D eigenvalue weighted by Crippen LogP contribution is 2.39. The predicted molar refractivity (Wildman–Crippen MR) is 94.7 cm³/mol. The molecule has 1 aliphatic carbocycles. The maximum Gasteiger partial charge on any atom is 0.262 e. The van der Waals surface area contributed by atoms with Crippen LogP contribution in [-0.2, 0) is 17.6 Å². The Morgan fingerprint density at radius 2 is 2.08 bits per heavy atom. The molecule has 1 amide bonds. The van der Waals surface area contributed by atoms with Crippen molar-refractivity contribution in [1.82, 2.24) is 9.97 Å². The Morgan fingerprint density at radius 3 is 2.92 bits per heavy atom. The third kappa shape index (κ3) is 2.85. The summed E-state index contributed by atoms with van der Waals surface area (Å²) in [6.45, 7) is 1.94. The molecule has 2 heterocycles. The van der Waals surface area contributed by atoms with Crippen molar-refractivity contribution >= 4 is 33.1 Å². The van der Waals surface area contributed by atoms with Crippen LogP contribution in [0.1, 0.15) is 22.4 Å². The Kier molecular flexibility index (Phi) is 3.90. The molecule has 0 fully saturated rings. The van der Waals surface area contributed by atoms with Gasteiger partial charge in [0.1, 0.15) is 11.2 Å². The molecule has 6 heteroatoms. The summed E-state index contributed by atoms with van der Waals surface area (Å²) in [6.07, 6.45) is 4.80. The lowest BCUT2D eigenvalue weighted by Gasteiger charge is -2.08. The fourth-order valence-electron chi connectivity index (χ4n) is 2.98. The van der Waals surface area contributed by atoms with Gasteiger partial charge in [0, 0.05) is 10.6 Å². The Hall–Kier alpha value is -2.47. The predicted octanol–water partition coefficient (Wildman–Crippen LogP) is 3.51. The van der Waals surface area contributed by atoms with Crippen LogP contribution in [0.15, 0.2) is 30.6 Å². The largest absolute Gasteiger partial charge is 0.467 e. The van der Waals surface area contributed by atoms with Gasteiger partial charge in [-0.15, -0.1) is 11.3 Å². The highest BCUT2D eigenvalue weighted by molar-refractivity contribution is 7.18. The molecule has 0 saturated carbocycles. The first-order valence-corrected chi connectivity index (χ1v) is 8.77. The molecule has 1 aromatic carbocycles. The number of hydrogen-bond donors (Lipinski definition) is 1. The van der Waals surface area contributed by atoms with Crippen molar-refractivity contribution in [3.8, 4) is 5.88 Å². The number of ether oxygens (including phenoxy) is 1. The number of thiophene rings is 1. The van der Waals surface area contributed by atoms with Gasteiger partial charge in [0.25, 0.3) is 5.91 Å². The Morgan fingerprint density at radius 1 is 1.25 bits per heavy atom. The van der Waals surface area contributed by atoms with E-state index in [1.54, 1.807) is 11.3 Å². The topological polar surface area (TPSA) is 64.1 Å². The summed E-state index contributed by atoms with van der Waals surface area (Å²) >= 11 is 1.71. The van der Waals surface area contributed by atoms with Gasteiger partial charge in [0.05, 0.1) is 5.39 Å². The van der Waals surface area contributed by atoms with E-state index < -0.39 is 0 Å². The molecular formula is C18H17N3O2S. The molecule has 122 valence electrons. The molecule has 0 saturated heterocycles. The van der Waals surface area contributed by atoms with E-state index in [1.165, 1.54) is 23.2 Å². The molecule has 5 nitrogen and oxygen atoms in total. The second-order valence-electron chi connectivity index (χ2n) is 5.92. The summed E-state index contributed by atoms with van der Waals surface area (Å²) < 4.78 is 5.70. The number of hydrogen-bond acceptors (Lipinski definition) is 5. The minimum atomic E-state index is -0.197. The third-order valence-electron chi connectivity index (χ3n) is 4.14. The zero-order chi connectivity index (χ0) is 16.5. The van der Waals surface area contributed by atoms with Gasteiger partial charge in [0.15, 0.2) is 6.61 Å². The van der Waals surface area contributed by atoms with Crippen molar-refractivity contribution in [3.63, 3.8) is 0 Å². The molecule has 3 aromatic rings. The number of nitrogens with one attached hydrogen (secondary N) is 1. The number of benzene rings is 1. The van der Waals surface area contributed by atoms with Gasteiger partial charge in [-0.2, -0.15) is 0 Å². The van der Waals surface area contributed by atoms with Crippen LogP contribution in [0.25, 0.3) is 10.2 Å². The molecule has 0 radical (unpaired) electrons. The molecule has 0 unspecified atom stereocenters. The summed E-state index contributed by atoms with van der Waals surface area (Å²) in [5.74, 6) is 0.316. The second-order valence-corrected chi connectivity index (χ2v) is 7.00. The zero-order valence-electron chi connectivity index (χ0n) is 13.3. The van der Waals surface area contributed by atoms with E-state index >= 15 is 0 Å². The van der Waals surface area contributed by atoms with Crippen LogP contribution in [0.3, 0.4) is 0 Å². The van der Waals surface area contributed by atoms with Gasteiger partial charge in [-0.1, -0.05) is 17.7 Å². The first-order valence-electron chi connectivity index (χ1n) is 7.95. The van der Waals surface area contributed by atoms with E-state index in [1.807, 2.05) is 31.2 Å². The Labute approximate surface area is 143 Å². The lowest BCUT2D eigenvalue weighted by atomic mass is 10.2. The van der Waals surface area contributed by atoms with Gasteiger partial charge >= 0.3 is 0 Å². The van der Waals surface area contributed by atoms with Crippen LogP contribution in [-0.4, -0.2) is 22.5 Å². The van der Waals surface area contributed by atoms with E-state index in [2.05, 4.69) is 15.3 Å². The summed E-state index contributed by atoms with van der Waals surface area (Å²) in [7, 11) is 0. The number of nitrogens with zero attached hydrogens (tertiary/aromatic N) is 2. The van der Waals surface area contributed by atoms with Crippen LogP contribution in [0.4, 0.5) is 5.69 Å². The van der Waals surface area contributed by atoms with Crippen molar-refractivity contribution in [2.75, 3.05) is 11.9 Å². The second kappa shape index (κ2) is 6.20. The molecule has 0 spiro atoms. The Bertz CT molecular complexity index is 903. The number of aryl methyl sites for hydroxylation is 3. The fourth-order valence-corrected chi connectivity index (χ4v) is 4.20. The monoisotopic (exact) mass is 339 g/mol. The standard InChI is InChI=1S/C18H17N3O2S/c1-11-5-7-12(8-6-11)21-15(22)9-23-17-16-13-3-2-4-14(13)24-18(16)20-10-19-17/h5-8,10H,2-4,9H2,1H3,(H,21,22). The molecule has 4 rings (SSSR count). The number of amides is 1. The lowest BCUT2D eigenvalue weighted by Crippen LogP contribution is -2.20. The quantitative estimate of drug-likeness (QED) is 0.790. The van der Waals surface area contributed by atoms with E-state index in [4.69, 9.17) is 4.74 Å². The van der Waals surface area contributed by atoms with Crippen LogP contribution < -0.4 is 10.1 Å². The van der Waals surface area contributed by atoms with E-state index in [-0.39, 0.29) is 12.5 Å². The average Bonchev–Trinajstić information content (AvgIpc) is 3.16. The van der Waals surface area contributed by atoms with E-state index in [0.29, 0.717) is 5.88 Å². The maximum atomic E-state index is 12.1. The molecular weight excluding hydrogens is 322 g/mol. The minimum Gasteiger partial charge on any atom is -0.467 e. The molecule has 0 aliphatic heterocycles. The van der Waals surface area contributed by atoms with Crippen molar-refractivity contribution in [3.05, 3.63) is 46.6 Å². The van der Waals surface area contributed by atoms with Gasteiger partial charge in [0.2, 0.25) is 5.88 Å². The van der Waals surface area contributed by atoms with E-state index in [0.717, 1.165) is 34.3 Å². The van der Waals surface area contributed by atoms with Crippen LogP contribution >= 0.6 is 11.3 Å². The first-order chi connectivity index (χ1) is 11.7. The molecule has 1 N–H and O–H groups in total. The zero-order valence-corrected chi connectivity index (χ0v) is 14.2. The maximum absolute atomic E-state index is 12.1. The lowest BCUT2D eigenvalue weighted by molar-refractivity contribution is -0.118. The number of aromatic nitrogens is 2. The molecule has 0 atom stereocenters. The summed E-state index contributed by atoms with van der Waals surface area (Å²) in [5.41, 5.74) is 3.21. The van der Waals surface area contributed by atoms with Crippen molar-refractivity contribution in [1.29, 1.82) is 0 Å². The van der Waals surface area contributed by atoms with Gasteiger partial charge in [-0.3, -0.25) is 4.79 Å². The third-order valence-corrected chi connectivity index (χ3v) is 5.34. The first kappa shape index (κ1) is 15.1. The number of anilines is 1. The van der Waals surface area contributed by atoms with Crippen molar-refractivity contribution < 1.29 is 9.53 Å². The average molecular weight is 339 g/mol.